The molecule has 2 aromatic heterocycles. The van der Waals surface area contributed by atoms with Crippen LogP contribution in [0.25, 0.3) is 0 Å². The van der Waals surface area contributed by atoms with Crippen LogP contribution in [0, 0.1) is 10.6 Å². The molecule has 0 saturated carbocycles. The second-order valence-corrected chi connectivity index (χ2v) is 5.54. The summed E-state index contributed by atoms with van der Waals surface area (Å²) in [5.74, 6) is 0. The van der Waals surface area contributed by atoms with Crippen LogP contribution >= 0.6 is 42.7 Å². The maximum absolute atomic E-state index is 10.1. The van der Waals surface area contributed by atoms with Gasteiger partial charge in [-0.2, -0.15) is 2.90 Å². The Labute approximate surface area is 112 Å². The van der Waals surface area contributed by atoms with Crippen molar-refractivity contribution in [1.29, 1.82) is 0 Å². The molecular formula is C6H8I2N6O2. The molecule has 8 nitrogen and oxygen atoms in total. The van der Waals surface area contributed by atoms with E-state index in [4.69, 9.17) is 0 Å². The molecule has 0 aliphatic heterocycles. The zero-order valence-corrected chi connectivity index (χ0v) is 12.7. The minimum absolute atomic E-state index is 0.603. The first-order valence-electron chi connectivity index (χ1n) is 3.95. The molecule has 0 amide bonds. The minimum atomic E-state index is -1.18. The highest BCUT2D eigenvalue weighted by Crippen LogP contribution is 2.01. The van der Waals surface area contributed by atoms with Crippen molar-refractivity contribution >= 4 is 42.7 Å². The molecule has 2 heterocycles. The van der Waals surface area contributed by atoms with E-state index in [0.717, 1.165) is 5.69 Å². The lowest BCUT2D eigenvalue weighted by Gasteiger charge is -1.74. The van der Waals surface area contributed by atoms with Crippen LogP contribution in [0.15, 0.2) is 12.4 Å². The van der Waals surface area contributed by atoms with E-state index in [-0.39, 0.29) is 0 Å². The molecule has 0 spiro atoms. The predicted octanol–water partition coefficient (Wildman–Crippen LogP) is 0.967. The van der Waals surface area contributed by atoms with Crippen LogP contribution in [0.3, 0.4) is 0 Å². The van der Waals surface area contributed by atoms with Crippen LogP contribution in [0.1, 0.15) is 5.69 Å². The Kier molecular flexibility index (Phi) is 5.72. The first-order valence-corrected chi connectivity index (χ1v) is 7.76. The van der Waals surface area contributed by atoms with Crippen molar-refractivity contribution < 1.29 is 6.14 Å². The number of aryl methyl sites for hydroxylation is 2. The van der Waals surface area contributed by atoms with E-state index < -0.39 is 42.7 Å². The number of hydrogen-bond acceptors (Lipinski definition) is 6. The third-order valence-electron chi connectivity index (χ3n) is 1.31. The van der Waals surface area contributed by atoms with Crippen LogP contribution in [-0.2, 0) is 13.2 Å². The predicted molar refractivity (Wildman–Crippen MR) is 69.3 cm³/mol. The van der Waals surface area contributed by atoms with Crippen molar-refractivity contribution in [2.45, 2.75) is 6.92 Å². The van der Waals surface area contributed by atoms with Crippen molar-refractivity contribution in [3.05, 3.63) is 21.8 Å². The molecule has 0 N–H and O–H groups in total. The van der Waals surface area contributed by atoms with E-state index in [1.54, 1.807) is 19.4 Å². The van der Waals surface area contributed by atoms with Crippen molar-refractivity contribution in [3.8, 4) is 0 Å². The molecule has 0 radical (unpaired) electrons. The van der Waals surface area contributed by atoms with Gasteiger partial charge in [0.05, 0.1) is 18.1 Å². The summed E-state index contributed by atoms with van der Waals surface area (Å²) in [5, 5.41) is 14.3. The van der Waals surface area contributed by atoms with Crippen molar-refractivity contribution in [2.24, 2.45) is 7.05 Å². The van der Waals surface area contributed by atoms with Gasteiger partial charge in [-0.3, -0.25) is 7.75 Å². The maximum Gasteiger partial charge on any atom is 0.297 e. The third-order valence-corrected chi connectivity index (χ3v) is 3.13. The van der Waals surface area contributed by atoms with Crippen molar-refractivity contribution in [1.82, 2.24) is 28.2 Å². The quantitative estimate of drug-likeness (QED) is 0.634. The monoisotopic (exact) mass is 450 g/mol. The standard InChI is InChI=1S/2C3H4IN3O/c1-7-2-3(4-8)5-6-7;1-3-2-7(4-8)6-5-3/h2*2H,1H3. The zero-order valence-electron chi connectivity index (χ0n) is 8.41. The van der Waals surface area contributed by atoms with Gasteiger partial charge in [-0.25, -0.2) is 3.07 Å². The van der Waals surface area contributed by atoms with Crippen molar-refractivity contribution in [3.63, 3.8) is 0 Å². The van der Waals surface area contributed by atoms with Crippen molar-refractivity contribution in [2.75, 3.05) is 0 Å². The normalized spacial score (nSPS) is 9.62. The number of aromatic nitrogens is 6. The number of nitrogens with zero attached hydrogens (tertiary/aromatic N) is 6. The molecule has 0 aromatic carbocycles. The molecule has 0 unspecified atom stereocenters. The molecule has 0 aliphatic carbocycles. The van der Waals surface area contributed by atoms with Gasteiger partial charge < -0.3 is 0 Å². The van der Waals surface area contributed by atoms with Crippen LogP contribution in [0.2, 0.25) is 0 Å². The topological polar surface area (TPSA) is 95.6 Å². The van der Waals surface area contributed by atoms with Gasteiger partial charge in [-0.1, -0.05) is 10.4 Å². The SMILES string of the molecule is Cc1cn(I=O)nn1.Cn1cc(I=O)nn1. The van der Waals surface area contributed by atoms with Gasteiger partial charge in [0.1, 0.15) is 0 Å². The zero-order chi connectivity index (χ0) is 12.0. The molecule has 0 fully saturated rings. The average molecular weight is 450 g/mol. The molecule has 0 aliphatic rings. The largest absolute Gasteiger partial charge is 0.297 e. The molecular weight excluding hydrogens is 442 g/mol. The summed E-state index contributed by atoms with van der Waals surface area (Å²) in [6, 6.07) is 0. The second-order valence-electron chi connectivity index (χ2n) is 2.61. The Bertz CT molecular complexity index is 437. The molecule has 0 bridgehead atoms. The van der Waals surface area contributed by atoms with Gasteiger partial charge >= 0.3 is 0 Å². The van der Waals surface area contributed by atoms with Crippen LogP contribution in [-0.4, -0.2) is 28.2 Å². The van der Waals surface area contributed by atoms with E-state index in [1.165, 1.54) is 7.58 Å². The Hall–Kier alpha value is -0.660. The summed E-state index contributed by atoms with van der Waals surface area (Å²) >= 11 is -2.29. The molecule has 2 aromatic rings. The Balaban J connectivity index is 0.000000160. The van der Waals surface area contributed by atoms with Crippen LogP contribution in [0.4, 0.5) is 0 Å². The highest BCUT2D eigenvalue weighted by atomic mass is 127. The number of rotatable bonds is 2. The Morgan fingerprint density at radius 1 is 1.19 bits per heavy atom. The molecule has 16 heavy (non-hydrogen) atoms. The van der Waals surface area contributed by atoms with Gasteiger partial charge in [0.2, 0.25) is 21.2 Å². The Morgan fingerprint density at radius 3 is 2.19 bits per heavy atom. The highest BCUT2D eigenvalue weighted by molar-refractivity contribution is 14.1. The van der Waals surface area contributed by atoms with Gasteiger partial charge in [-0.15, -0.1) is 10.2 Å². The van der Waals surface area contributed by atoms with E-state index in [0.29, 0.717) is 3.70 Å². The van der Waals surface area contributed by atoms with Crippen LogP contribution < -0.4 is 0 Å². The summed E-state index contributed by atoms with van der Waals surface area (Å²) in [6.45, 7) is 1.81. The maximum atomic E-state index is 10.1. The first kappa shape index (κ1) is 13.4. The molecule has 88 valence electrons. The smallest absolute Gasteiger partial charge is 0.263 e. The van der Waals surface area contributed by atoms with Gasteiger partial charge in [0, 0.05) is 7.05 Å². The third kappa shape index (κ3) is 4.46. The lowest BCUT2D eigenvalue weighted by molar-refractivity contribution is 0.645. The fourth-order valence-electron chi connectivity index (χ4n) is 0.707. The summed E-state index contributed by atoms with van der Waals surface area (Å²) in [6.07, 6.45) is 3.31. The van der Waals surface area contributed by atoms with Gasteiger partial charge in [0.25, 0.3) is 21.5 Å². The molecule has 0 atom stereocenters. The van der Waals surface area contributed by atoms with Gasteiger partial charge in [0.15, 0.2) is 3.70 Å². The molecule has 0 saturated heterocycles. The summed E-state index contributed by atoms with van der Waals surface area (Å²) in [4.78, 5) is 0. The highest BCUT2D eigenvalue weighted by Gasteiger charge is 1.92. The Morgan fingerprint density at radius 2 is 1.94 bits per heavy atom. The van der Waals surface area contributed by atoms with E-state index in [9.17, 15) is 6.14 Å². The van der Waals surface area contributed by atoms with Crippen LogP contribution in [0.5, 0.6) is 0 Å². The van der Waals surface area contributed by atoms with E-state index >= 15 is 0 Å². The summed E-state index contributed by atoms with van der Waals surface area (Å²) in [7, 11) is 1.75. The number of hydrogen-bond donors (Lipinski definition) is 0. The minimum Gasteiger partial charge on any atom is -0.263 e. The summed E-state index contributed by atoms with van der Waals surface area (Å²) in [5.41, 5.74) is 0.806. The van der Waals surface area contributed by atoms with E-state index in [2.05, 4.69) is 20.6 Å². The van der Waals surface area contributed by atoms with E-state index in [1.807, 2.05) is 6.92 Å². The lowest BCUT2D eigenvalue weighted by atomic mass is 10.6. The molecule has 10 heteroatoms. The fraction of sp³-hybridized carbons (Fsp3) is 0.333. The average Bonchev–Trinajstić information content (AvgIpc) is 2.88. The summed E-state index contributed by atoms with van der Waals surface area (Å²) < 4.78 is 23.7. The number of halogens is 2. The molecule has 2 rings (SSSR count). The fourth-order valence-corrected chi connectivity index (χ4v) is 2.10. The lowest BCUT2D eigenvalue weighted by Crippen LogP contribution is -1.85. The second kappa shape index (κ2) is 6.82. The van der Waals surface area contributed by atoms with Gasteiger partial charge in [-0.05, 0) is 6.92 Å². The first-order chi connectivity index (χ1) is 7.65.